The summed E-state index contributed by atoms with van der Waals surface area (Å²) in [5, 5.41) is 9.68. The summed E-state index contributed by atoms with van der Waals surface area (Å²) in [5.74, 6) is -1.07. The molecule has 0 saturated carbocycles. The molecule has 2 N–H and O–H groups in total. The molecule has 0 aromatic heterocycles. The first-order valence-electron chi connectivity index (χ1n) is 7.78. The van der Waals surface area contributed by atoms with Gasteiger partial charge in [0.25, 0.3) is 5.91 Å². The van der Waals surface area contributed by atoms with Crippen LogP contribution in [0.5, 0.6) is 11.5 Å². The van der Waals surface area contributed by atoms with Gasteiger partial charge in [-0.1, -0.05) is 35.3 Å². The van der Waals surface area contributed by atoms with Crippen LogP contribution in [0, 0.1) is 11.3 Å². The Morgan fingerprint density at radius 2 is 1.79 bits per heavy atom. The Bertz CT molecular complexity index is 1020. The lowest BCUT2D eigenvalue weighted by Gasteiger charge is -2.09. The number of carbonyl (C=O) groups excluding carboxylic acids is 2. The Morgan fingerprint density at radius 3 is 2.39 bits per heavy atom. The van der Waals surface area contributed by atoms with Gasteiger partial charge in [0.2, 0.25) is 0 Å². The van der Waals surface area contributed by atoms with E-state index in [1.807, 2.05) is 0 Å². The largest absolute Gasteiger partial charge is 0.493 e. The van der Waals surface area contributed by atoms with Crippen molar-refractivity contribution in [2.75, 3.05) is 7.11 Å². The summed E-state index contributed by atoms with van der Waals surface area (Å²) in [5.41, 5.74) is 6.05. The molecule has 142 valence electrons. The van der Waals surface area contributed by atoms with Crippen molar-refractivity contribution in [1.29, 1.82) is 5.26 Å². The SMILES string of the molecule is COc1cc(/C=C(\C#N)C(N)=O)ccc1OC(=O)/C=C/c1ccc(Cl)c(Cl)c1. The lowest BCUT2D eigenvalue weighted by atomic mass is 10.1. The normalized spacial score (nSPS) is 11.1. The molecule has 1 amide bonds. The fraction of sp³-hybridized carbons (Fsp3) is 0.0500. The zero-order valence-corrected chi connectivity index (χ0v) is 16.1. The van der Waals surface area contributed by atoms with Gasteiger partial charge in [-0.05, 0) is 47.5 Å². The summed E-state index contributed by atoms with van der Waals surface area (Å²) in [6.45, 7) is 0. The third-order valence-corrected chi connectivity index (χ3v) is 4.19. The minimum absolute atomic E-state index is 0.168. The molecule has 0 radical (unpaired) electrons. The van der Waals surface area contributed by atoms with E-state index in [0.29, 0.717) is 21.2 Å². The highest BCUT2D eigenvalue weighted by molar-refractivity contribution is 6.42. The number of hydrogen-bond donors (Lipinski definition) is 1. The first-order valence-corrected chi connectivity index (χ1v) is 8.54. The average molecular weight is 417 g/mol. The van der Waals surface area contributed by atoms with E-state index in [9.17, 15) is 9.59 Å². The Labute approximate surface area is 171 Å². The molecular formula is C20H14Cl2N2O4. The number of ether oxygens (including phenoxy) is 2. The van der Waals surface area contributed by atoms with E-state index in [0.717, 1.165) is 0 Å². The van der Waals surface area contributed by atoms with Crippen LogP contribution >= 0.6 is 23.2 Å². The number of rotatable bonds is 6. The minimum atomic E-state index is -0.843. The van der Waals surface area contributed by atoms with Crippen molar-refractivity contribution in [1.82, 2.24) is 0 Å². The lowest BCUT2D eigenvalue weighted by Crippen LogP contribution is -2.12. The highest BCUT2D eigenvalue weighted by Gasteiger charge is 2.10. The van der Waals surface area contributed by atoms with Gasteiger partial charge in [-0.3, -0.25) is 4.79 Å². The van der Waals surface area contributed by atoms with Crippen molar-refractivity contribution in [3.63, 3.8) is 0 Å². The average Bonchev–Trinajstić information content (AvgIpc) is 2.67. The predicted molar refractivity (Wildman–Crippen MR) is 107 cm³/mol. The molecule has 0 heterocycles. The molecule has 0 spiro atoms. The minimum Gasteiger partial charge on any atom is -0.493 e. The van der Waals surface area contributed by atoms with Crippen LogP contribution < -0.4 is 15.2 Å². The first kappa shape index (κ1) is 21.0. The second kappa shape index (κ2) is 9.60. The number of benzene rings is 2. The summed E-state index contributed by atoms with van der Waals surface area (Å²) in [6, 6.07) is 11.2. The van der Waals surface area contributed by atoms with E-state index in [1.165, 1.54) is 37.5 Å². The summed E-state index contributed by atoms with van der Waals surface area (Å²) in [4.78, 5) is 23.2. The molecule has 0 bridgehead atoms. The van der Waals surface area contributed by atoms with Gasteiger partial charge in [-0.25, -0.2) is 4.79 Å². The molecule has 0 atom stereocenters. The molecule has 0 unspecified atom stereocenters. The fourth-order valence-electron chi connectivity index (χ4n) is 2.11. The second-order valence-corrected chi connectivity index (χ2v) is 6.19. The third-order valence-electron chi connectivity index (χ3n) is 3.45. The van der Waals surface area contributed by atoms with Crippen molar-refractivity contribution in [2.24, 2.45) is 5.73 Å². The van der Waals surface area contributed by atoms with Gasteiger partial charge in [0, 0.05) is 6.08 Å². The smallest absolute Gasteiger partial charge is 0.336 e. The molecule has 28 heavy (non-hydrogen) atoms. The van der Waals surface area contributed by atoms with Gasteiger partial charge in [-0.15, -0.1) is 0 Å². The fourth-order valence-corrected chi connectivity index (χ4v) is 2.41. The van der Waals surface area contributed by atoms with Crippen molar-refractivity contribution in [3.8, 4) is 17.6 Å². The van der Waals surface area contributed by atoms with Gasteiger partial charge in [0.15, 0.2) is 11.5 Å². The number of halogens is 2. The lowest BCUT2D eigenvalue weighted by molar-refractivity contribution is -0.129. The maximum absolute atomic E-state index is 12.1. The molecule has 0 fully saturated rings. The Hall–Kier alpha value is -3.27. The predicted octanol–water partition coefficient (Wildman–Crippen LogP) is 4.01. The van der Waals surface area contributed by atoms with Gasteiger partial charge in [0.05, 0.1) is 17.2 Å². The molecule has 0 aliphatic carbocycles. The van der Waals surface area contributed by atoms with Crippen molar-refractivity contribution in [3.05, 3.63) is 69.2 Å². The number of methoxy groups -OCH3 is 1. The molecular weight excluding hydrogens is 403 g/mol. The van der Waals surface area contributed by atoms with E-state index in [2.05, 4.69) is 0 Å². The maximum Gasteiger partial charge on any atom is 0.336 e. The molecule has 8 heteroatoms. The van der Waals surface area contributed by atoms with Crippen LogP contribution in [0.25, 0.3) is 12.2 Å². The van der Waals surface area contributed by atoms with Crippen LogP contribution in [0.4, 0.5) is 0 Å². The third kappa shape index (κ3) is 5.61. The van der Waals surface area contributed by atoms with E-state index in [-0.39, 0.29) is 17.1 Å². The van der Waals surface area contributed by atoms with Crippen molar-refractivity contribution >= 4 is 47.2 Å². The van der Waals surface area contributed by atoms with Crippen molar-refractivity contribution < 1.29 is 19.1 Å². The summed E-state index contributed by atoms with van der Waals surface area (Å²) < 4.78 is 10.5. The van der Waals surface area contributed by atoms with Crippen LogP contribution in [-0.4, -0.2) is 19.0 Å². The molecule has 2 rings (SSSR count). The zero-order chi connectivity index (χ0) is 20.7. The number of nitriles is 1. The van der Waals surface area contributed by atoms with Crippen LogP contribution in [0.15, 0.2) is 48.0 Å². The molecule has 2 aromatic carbocycles. The Morgan fingerprint density at radius 1 is 1.07 bits per heavy atom. The van der Waals surface area contributed by atoms with E-state index < -0.39 is 11.9 Å². The van der Waals surface area contributed by atoms with Crippen LogP contribution in [0.3, 0.4) is 0 Å². The van der Waals surface area contributed by atoms with Gasteiger partial charge >= 0.3 is 5.97 Å². The standard InChI is InChI=1S/C20H14Cl2N2O4/c1-27-18-10-13(8-14(11-23)20(24)26)3-6-17(18)28-19(25)7-4-12-2-5-15(21)16(22)9-12/h2-10H,1H3,(H2,24,26)/b7-4+,14-8+. The first-order chi connectivity index (χ1) is 13.3. The van der Waals surface area contributed by atoms with E-state index in [4.69, 9.17) is 43.7 Å². The van der Waals surface area contributed by atoms with Crippen LogP contribution in [0.1, 0.15) is 11.1 Å². The molecule has 0 aliphatic heterocycles. The van der Waals surface area contributed by atoms with Crippen molar-refractivity contribution in [2.45, 2.75) is 0 Å². The van der Waals surface area contributed by atoms with Gasteiger partial charge in [-0.2, -0.15) is 5.26 Å². The number of primary amides is 1. The maximum atomic E-state index is 12.1. The Balaban J connectivity index is 2.18. The molecule has 2 aromatic rings. The number of carbonyl (C=O) groups is 2. The highest BCUT2D eigenvalue weighted by atomic mass is 35.5. The van der Waals surface area contributed by atoms with E-state index >= 15 is 0 Å². The molecule has 0 saturated heterocycles. The number of hydrogen-bond acceptors (Lipinski definition) is 5. The second-order valence-electron chi connectivity index (χ2n) is 5.37. The van der Waals surface area contributed by atoms with Gasteiger partial charge < -0.3 is 15.2 Å². The highest BCUT2D eigenvalue weighted by Crippen LogP contribution is 2.29. The number of nitrogens with zero attached hydrogens (tertiary/aromatic N) is 1. The summed E-state index contributed by atoms with van der Waals surface area (Å²) in [7, 11) is 1.39. The quantitative estimate of drug-likeness (QED) is 0.331. The molecule has 0 aliphatic rings. The number of amides is 1. The summed E-state index contributed by atoms with van der Waals surface area (Å²) >= 11 is 11.8. The number of nitrogens with two attached hydrogens (primary N) is 1. The Kier molecular flexibility index (Phi) is 7.21. The van der Waals surface area contributed by atoms with Crippen LogP contribution in [0.2, 0.25) is 10.0 Å². The number of esters is 1. The molecule has 6 nitrogen and oxygen atoms in total. The monoisotopic (exact) mass is 416 g/mol. The zero-order valence-electron chi connectivity index (χ0n) is 14.6. The van der Waals surface area contributed by atoms with E-state index in [1.54, 1.807) is 30.3 Å². The topological polar surface area (TPSA) is 102 Å². The van der Waals surface area contributed by atoms with Crippen LogP contribution in [-0.2, 0) is 9.59 Å². The van der Waals surface area contributed by atoms with Gasteiger partial charge in [0.1, 0.15) is 11.6 Å². The summed E-state index contributed by atoms with van der Waals surface area (Å²) in [6.07, 6.45) is 4.06.